The molecule has 16 heteroatoms. The van der Waals surface area contributed by atoms with Crippen LogP contribution < -0.4 is 15.5 Å². The van der Waals surface area contributed by atoms with Crippen molar-refractivity contribution < 1.29 is 31.5 Å². The highest BCUT2D eigenvalue weighted by atomic mass is 32.2. The summed E-state index contributed by atoms with van der Waals surface area (Å²) in [5.74, 6) is -2.29. The summed E-state index contributed by atoms with van der Waals surface area (Å²) in [6.07, 6.45) is 1.52. The minimum atomic E-state index is -4.24. The minimum absolute atomic E-state index is 0.0619. The molecule has 3 aromatic rings. The summed E-state index contributed by atoms with van der Waals surface area (Å²) in [6, 6.07) is 7.64. The van der Waals surface area contributed by atoms with E-state index < -0.39 is 38.1 Å². The van der Waals surface area contributed by atoms with Crippen molar-refractivity contribution in [1.29, 1.82) is 0 Å². The Kier molecular flexibility index (Phi) is 10.1. The van der Waals surface area contributed by atoms with E-state index in [1.807, 2.05) is 32.9 Å². The van der Waals surface area contributed by atoms with Gasteiger partial charge in [-0.05, 0) is 71.0 Å². The van der Waals surface area contributed by atoms with Crippen molar-refractivity contribution in [2.75, 3.05) is 68.4 Å². The fraction of sp³-hybridized carbons (Fsp3) is 0.500. The number of ether oxygens (including phenoxy) is 1. The van der Waals surface area contributed by atoms with Gasteiger partial charge in [0.05, 0.1) is 16.5 Å². The Bertz CT molecular complexity index is 1840. The number of anilines is 3. The number of carbonyl (C=O) groups is 2. The highest BCUT2D eigenvalue weighted by Crippen LogP contribution is 2.31. The standard InChI is InChI=1S/C34H44F2N8O5S/c1-34(2,3)49-33(46)44-10-5-6-25(44)20-37-30-19-24(42-14-12-41(4)13-15-42)7-8-27(30)32(45)38-31-28-21-43(11-9-29(28)39-40-31)50(47,48)26-17-22(35)16-23(36)18-26/h7-8,16-19,25,37H,5-6,9-15,20-21H2,1-4H3,(H2,38,39,40,45)/t25-/m0/s1. The highest BCUT2D eigenvalue weighted by Gasteiger charge is 2.34. The molecule has 2 aromatic carbocycles. The molecular formula is C34H44F2N8O5S. The summed E-state index contributed by atoms with van der Waals surface area (Å²) in [5.41, 5.74) is 2.38. The van der Waals surface area contributed by atoms with E-state index in [4.69, 9.17) is 4.74 Å². The second-order valence-electron chi connectivity index (χ2n) is 14.0. The van der Waals surface area contributed by atoms with E-state index >= 15 is 0 Å². The van der Waals surface area contributed by atoms with Crippen LogP contribution in [0.15, 0.2) is 41.3 Å². The molecule has 0 saturated carbocycles. The molecular weight excluding hydrogens is 670 g/mol. The maximum atomic E-state index is 13.9. The van der Waals surface area contributed by atoms with Crippen LogP contribution >= 0.6 is 0 Å². The van der Waals surface area contributed by atoms with E-state index in [0.29, 0.717) is 41.7 Å². The van der Waals surface area contributed by atoms with Crippen LogP contribution in [0, 0.1) is 11.6 Å². The monoisotopic (exact) mass is 714 g/mol. The third-order valence-electron chi connectivity index (χ3n) is 9.25. The quantitative estimate of drug-likeness (QED) is 0.312. The number of fused-ring (bicyclic) bond motifs is 1. The second-order valence-corrected chi connectivity index (χ2v) is 16.0. The molecule has 2 saturated heterocycles. The molecule has 3 aliphatic rings. The zero-order valence-corrected chi connectivity index (χ0v) is 29.6. The van der Waals surface area contributed by atoms with Gasteiger partial charge in [0.2, 0.25) is 10.0 Å². The number of nitrogens with one attached hydrogen (secondary N) is 3. The Balaban J connectivity index is 1.22. The Hall–Kier alpha value is -4.28. The molecule has 0 spiro atoms. The smallest absolute Gasteiger partial charge is 0.410 e. The number of hydrogen-bond acceptors (Lipinski definition) is 9. The van der Waals surface area contributed by atoms with Crippen LogP contribution in [0.5, 0.6) is 0 Å². The number of amides is 2. The molecule has 0 radical (unpaired) electrons. The summed E-state index contributed by atoms with van der Waals surface area (Å²) < 4.78 is 61.2. The summed E-state index contributed by atoms with van der Waals surface area (Å²) in [7, 11) is -2.16. The molecule has 4 heterocycles. The van der Waals surface area contributed by atoms with Crippen molar-refractivity contribution in [1.82, 2.24) is 24.3 Å². The van der Waals surface area contributed by atoms with Gasteiger partial charge in [0.25, 0.3) is 5.91 Å². The van der Waals surface area contributed by atoms with Crippen LogP contribution in [0.2, 0.25) is 0 Å². The van der Waals surface area contributed by atoms with E-state index in [2.05, 4.69) is 37.7 Å². The number of halogens is 2. The van der Waals surface area contributed by atoms with Gasteiger partial charge in [-0.3, -0.25) is 9.89 Å². The molecule has 3 N–H and O–H groups in total. The largest absolute Gasteiger partial charge is 0.444 e. The topological polar surface area (TPSA) is 143 Å². The van der Waals surface area contributed by atoms with Crippen LogP contribution in [-0.2, 0) is 27.7 Å². The first-order chi connectivity index (χ1) is 23.7. The van der Waals surface area contributed by atoms with Crippen molar-refractivity contribution in [2.45, 2.75) is 63.1 Å². The van der Waals surface area contributed by atoms with Gasteiger partial charge in [-0.1, -0.05) is 0 Å². The molecule has 0 bridgehead atoms. The minimum Gasteiger partial charge on any atom is -0.444 e. The predicted molar refractivity (Wildman–Crippen MR) is 185 cm³/mol. The number of aromatic amines is 1. The van der Waals surface area contributed by atoms with E-state index in [-0.39, 0.29) is 37.5 Å². The number of aromatic nitrogens is 2. The molecule has 0 unspecified atom stereocenters. The molecule has 6 rings (SSSR count). The summed E-state index contributed by atoms with van der Waals surface area (Å²) >= 11 is 0. The highest BCUT2D eigenvalue weighted by molar-refractivity contribution is 7.89. The van der Waals surface area contributed by atoms with Crippen molar-refractivity contribution in [2.24, 2.45) is 0 Å². The van der Waals surface area contributed by atoms with Crippen LogP contribution in [-0.4, -0.2) is 109 Å². The van der Waals surface area contributed by atoms with Gasteiger partial charge in [0, 0.05) is 87.5 Å². The lowest BCUT2D eigenvalue weighted by Gasteiger charge is -2.34. The fourth-order valence-electron chi connectivity index (χ4n) is 6.55. The number of nitrogens with zero attached hydrogens (tertiary/aromatic N) is 5. The van der Waals surface area contributed by atoms with Gasteiger partial charge in [0.15, 0.2) is 5.82 Å². The molecule has 1 aromatic heterocycles. The Labute approximate surface area is 291 Å². The van der Waals surface area contributed by atoms with Gasteiger partial charge in [0.1, 0.15) is 17.2 Å². The van der Waals surface area contributed by atoms with Crippen LogP contribution in [0.1, 0.15) is 55.2 Å². The molecule has 1 atom stereocenters. The molecule has 3 aliphatic heterocycles. The second kappa shape index (κ2) is 14.2. The lowest BCUT2D eigenvalue weighted by atomic mass is 10.1. The van der Waals surface area contributed by atoms with Crippen molar-refractivity contribution >= 4 is 39.2 Å². The molecule has 2 amide bonds. The number of piperazine rings is 1. The first-order valence-corrected chi connectivity index (χ1v) is 18.3. The molecule has 0 aliphatic carbocycles. The van der Waals surface area contributed by atoms with E-state index in [9.17, 15) is 26.8 Å². The van der Waals surface area contributed by atoms with Gasteiger partial charge < -0.3 is 30.1 Å². The first-order valence-electron chi connectivity index (χ1n) is 16.8. The zero-order valence-electron chi connectivity index (χ0n) is 28.8. The molecule has 2 fully saturated rings. The Morgan fingerprint density at radius 3 is 2.44 bits per heavy atom. The molecule has 270 valence electrons. The van der Waals surface area contributed by atoms with Gasteiger partial charge in [-0.2, -0.15) is 9.40 Å². The third-order valence-corrected chi connectivity index (χ3v) is 11.1. The lowest BCUT2D eigenvalue weighted by Crippen LogP contribution is -2.44. The maximum absolute atomic E-state index is 13.9. The van der Waals surface area contributed by atoms with E-state index in [0.717, 1.165) is 61.1 Å². The molecule has 50 heavy (non-hydrogen) atoms. The number of carbonyl (C=O) groups excluding carboxylic acids is 2. The SMILES string of the molecule is CN1CCN(c2ccc(C(=O)Nc3n[nH]c4c3CN(S(=O)(=O)c3cc(F)cc(F)c3)CC4)c(NC[C@@H]3CCCN3C(=O)OC(C)(C)C)c2)CC1. The van der Waals surface area contributed by atoms with Gasteiger partial charge in [-0.15, -0.1) is 0 Å². The average Bonchev–Trinajstić information content (AvgIpc) is 3.70. The number of H-pyrrole nitrogens is 1. The van der Waals surface area contributed by atoms with E-state index in [1.165, 1.54) is 0 Å². The summed E-state index contributed by atoms with van der Waals surface area (Å²) in [4.78, 5) is 32.6. The van der Waals surface area contributed by atoms with Gasteiger partial charge in [-0.25, -0.2) is 22.0 Å². The van der Waals surface area contributed by atoms with Gasteiger partial charge >= 0.3 is 6.09 Å². The van der Waals surface area contributed by atoms with Crippen molar-refractivity contribution in [3.8, 4) is 0 Å². The maximum Gasteiger partial charge on any atom is 0.410 e. The predicted octanol–water partition coefficient (Wildman–Crippen LogP) is 4.25. The van der Waals surface area contributed by atoms with Crippen LogP contribution in [0.3, 0.4) is 0 Å². The normalized spacial score (nSPS) is 19.0. The lowest BCUT2D eigenvalue weighted by molar-refractivity contribution is 0.0235. The summed E-state index contributed by atoms with van der Waals surface area (Å²) in [5, 5.41) is 13.5. The third kappa shape index (κ3) is 7.87. The summed E-state index contributed by atoms with van der Waals surface area (Å²) in [6.45, 7) is 9.87. The fourth-order valence-corrected chi connectivity index (χ4v) is 8.01. The molecule has 13 nitrogen and oxygen atoms in total. The number of hydrogen-bond donors (Lipinski definition) is 3. The Morgan fingerprint density at radius 1 is 1.02 bits per heavy atom. The van der Waals surface area contributed by atoms with E-state index in [1.54, 1.807) is 11.0 Å². The zero-order chi connectivity index (χ0) is 35.8. The van der Waals surface area contributed by atoms with Crippen molar-refractivity contribution in [3.05, 3.63) is 64.9 Å². The Morgan fingerprint density at radius 2 is 1.74 bits per heavy atom. The number of benzene rings is 2. The number of likely N-dealkylation sites (N-methyl/N-ethyl adjacent to an activating group) is 1. The first kappa shape index (κ1) is 35.5. The average molecular weight is 715 g/mol. The number of rotatable bonds is 8. The van der Waals surface area contributed by atoms with Crippen LogP contribution in [0.25, 0.3) is 0 Å². The number of sulfonamides is 1. The van der Waals surface area contributed by atoms with Crippen molar-refractivity contribution in [3.63, 3.8) is 0 Å². The number of likely N-dealkylation sites (tertiary alicyclic amines) is 1. The van der Waals surface area contributed by atoms with Crippen LogP contribution in [0.4, 0.5) is 30.8 Å².